The zero-order valence-corrected chi connectivity index (χ0v) is 12.0. The topological polar surface area (TPSA) is 89.9 Å². The smallest absolute Gasteiger partial charge is 0.377 e. The highest BCUT2D eigenvalue weighted by atomic mass is 16.8. The van der Waals surface area contributed by atoms with E-state index in [-0.39, 0.29) is 18.6 Å². The summed E-state index contributed by atoms with van der Waals surface area (Å²) in [5.41, 5.74) is -1.39. The van der Waals surface area contributed by atoms with Crippen LogP contribution >= 0.6 is 0 Å². The van der Waals surface area contributed by atoms with E-state index in [1.54, 1.807) is 0 Å². The molecule has 0 saturated carbocycles. The first kappa shape index (κ1) is 16.4. The molecule has 1 N–H and O–H groups in total. The average Bonchev–Trinajstić information content (AvgIpc) is 2.59. The fraction of sp³-hybridized carbons (Fsp3) is 0.643. The lowest BCUT2D eigenvalue weighted by Gasteiger charge is -2.21. The van der Waals surface area contributed by atoms with Gasteiger partial charge in [0.2, 0.25) is 0 Å². The number of carbonyl (C=O) groups excluding carboxylic acids is 2. The molecule has 1 aliphatic heterocycles. The Morgan fingerprint density at radius 2 is 1.95 bits per heavy atom. The Balaban J connectivity index is 2.57. The number of carbonyl (C=O) groups is 3. The minimum Gasteiger partial charge on any atom is -0.476 e. The predicted molar refractivity (Wildman–Crippen MR) is 69.9 cm³/mol. The van der Waals surface area contributed by atoms with Gasteiger partial charge in [-0.15, -0.1) is 0 Å². The number of carboxylic acid groups (broad SMARTS) is 1. The summed E-state index contributed by atoms with van der Waals surface area (Å²) in [4.78, 5) is 34.4. The van der Waals surface area contributed by atoms with Gasteiger partial charge in [-0.3, -0.25) is 4.79 Å². The molecule has 6 heteroatoms. The number of ether oxygens (including phenoxy) is 2. The third-order valence-electron chi connectivity index (χ3n) is 3.23. The van der Waals surface area contributed by atoms with Crippen LogP contribution in [0.5, 0.6) is 0 Å². The number of ketones is 1. The standard InChI is InChI=1S/C14H20O6/c1-4-5-6-7-10(15)8-9-13(2)12(18)19-14(3,20-13)11(16)17/h4-5H,6-9H2,1-3H3,(H,16,17). The second-order valence-corrected chi connectivity index (χ2v) is 5.12. The SMILES string of the molecule is CC=CCCC(=O)CCC1(C)OC(C)(C(=O)O)OC1=O. The first-order valence-corrected chi connectivity index (χ1v) is 6.53. The molecule has 0 aliphatic carbocycles. The summed E-state index contributed by atoms with van der Waals surface area (Å²) in [5.74, 6) is -4.08. The molecule has 1 heterocycles. The molecule has 1 saturated heterocycles. The summed E-state index contributed by atoms with van der Waals surface area (Å²) in [6.45, 7) is 4.50. The van der Waals surface area contributed by atoms with Crippen LogP contribution in [-0.4, -0.2) is 34.2 Å². The molecule has 0 bridgehead atoms. The van der Waals surface area contributed by atoms with Crippen molar-refractivity contribution in [3.05, 3.63) is 12.2 Å². The highest BCUT2D eigenvalue weighted by Gasteiger charge is 2.57. The number of hydrogen-bond acceptors (Lipinski definition) is 5. The van der Waals surface area contributed by atoms with Crippen molar-refractivity contribution in [2.24, 2.45) is 0 Å². The lowest BCUT2D eigenvalue weighted by Crippen LogP contribution is -2.39. The summed E-state index contributed by atoms with van der Waals surface area (Å²) in [6.07, 6.45) is 5.07. The number of aliphatic carboxylic acids is 1. The number of allylic oxidation sites excluding steroid dienone is 2. The van der Waals surface area contributed by atoms with Crippen LogP contribution in [0.15, 0.2) is 12.2 Å². The third-order valence-corrected chi connectivity index (χ3v) is 3.23. The Morgan fingerprint density at radius 1 is 1.30 bits per heavy atom. The zero-order valence-electron chi connectivity index (χ0n) is 12.0. The molecule has 6 nitrogen and oxygen atoms in total. The fourth-order valence-corrected chi connectivity index (χ4v) is 1.93. The van der Waals surface area contributed by atoms with E-state index < -0.39 is 23.3 Å². The highest BCUT2D eigenvalue weighted by molar-refractivity contribution is 5.88. The first-order chi connectivity index (χ1) is 9.23. The molecule has 0 aromatic carbocycles. The number of esters is 1. The van der Waals surface area contributed by atoms with Crippen LogP contribution in [0.25, 0.3) is 0 Å². The van der Waals surface area contributed by atoms with Gasteiger partial charge in [0.05, 0.1) is 0 Å². The van der Waals surface area contributed by atoms with Crippen LogP contribution in [-0.2, 0) is 23.9 Å². The van der Waals surface area contributed by atoms with Gasteiger partial charge in [0.1, 0.15) is 5.78 Å². The third kappa shape index (κ3) is 3.66. The average molecular weight is 284 g/mol. The van der Waals surface area contributed by atoms with E-state index in [4.69, 9.17) is 14.6 Å². The Hall–Kier alpha value is -1.69. The van der Waals surface area contributed by atoms with Gasteiger partial charge in [-0.2, -0.15) is 0 Å². The Labute approximate surface area is 117 Å². The molecule has 0 amide bonds. The quantitative estimate of drug-likeness (QED) is 0.566. The van der Waals surface area contributed by atoms with Crippen molar-refractivity contribution < 1.29 is 29.0 Å². The van der Waals surface area contributed by atoms with E-state index in [2.05, 4.69) is 0 Å². The van der Waals surface area contributed by atoms with E-state index in [0.717, 1.165) is 0 Å². The van der Waals surface area contributed by atoms with Crippen LogP contribution in [0, 0.1) is 0 Å². The molecule has 0 aromatic rings. The number of carboxylic acids is 1. The van der Waals surface area contributed by atoms with Gasteiger partial charge in [0, 0.05) is 19.8 Å². The summed E-state index contributed by atoms with van der Waals surface area (Å²) in [6, 6.07) is 0. The summed E-state index contributed by atoms with van der Waals surface area (Å²) in [5, 5.41) is 8.97. The van der Waals surface area contributed by atoms with Crippen molar-refractivity contribution in [1.29, 1.82) is 0 Å². The maximum atomic E-state index is 11.8. The van der Waals surface area contributed by atoms with Gasteiger partial charge in [-0.1, -0.05) is 12.2 Å². The van der Waals surface area contributed by atoms with E-state index in [1.165, 1.54) is 13.8 Å². The molecular formula is C14H20O6. The maximum absolute atomic E-state index is 11.8. The van der Waals surface area contributed by atoms with E-state index in [9.17, 15) is 14.4 Å². The lowest BCUT2D eigenvalue weighted by atomic mass is 9.97. The summed E-state index contributed by atoms with van der Waals surface area (Å²) >= 11 is 0. The van der Waals surface area contributed by atoms with Crippen LogP contribution in [0.2, 0.25) is 0 Å². The molecule has 0 spiro atoms. The Kier molecular flexibility index (Phi) is 5.05. The second kappa shape index (κ2) is 6.17. The summed E-state index contributed by atoms with van der Waals surface area (Å²) in [7, 11) is 0. The largest absolute Gasteiger partial charge is 0.476 e. The zero-order chi connectivity index (χ0) is 15.4. The van der Waals surface area contributed by atoms with Gasteiger partial charge >= 0.3 is 17.7 Å². The molecule has 112 valence electrons. The van der Waals surface area contributed by atoms with Crippen molar-refractivity contribution in [2.45, 2.75) is 57.8 Å². The molecular weight excluding hydrogens is 264 g/mol. The minimum absolute atomic E-state index is 0.00431. The molecule has 1 rings (SSSR count). The molecule has 0 radical (unpaired) electrons. The second-order valence-electron chi connectivity index (χ2n) is 5.12. The molecule has 1 fully saturated rings. The first-order valence-electron chi connectivity index (χ1n) is 6.53. The van der Waals surface area contributed by atoms with Gasteiger partial charge in [0.25, 0.3) is 0 Å². The molecule has 0 aromatic heterocycles. The number of cyclic esters (lactones) is 1. The van der Waals surface area contributed by atoms with E-state index >= 15 is 0 Å². The lowest BCUT2D eigenvalue weighted by molar-refractivity contribution is -0.207. The Morgan fingerprint density at radius 3 is 2.45 bits per heavy atom. The van der Waals surface area contributed by atoms with Gasteiger partial charge < -0.3 is 14.6 Å². The summed E-state index contributed by atoms with van der Waals surface area (Å²) < 4.78 is 10.0. The van der Waals surface area contributed by atoms with Gasteiger partial charge in [-0.05, 0) is 26.7 Å². The molecule has 2 unspecified atom stereocenters. The van der Waals surface area contributed by atoms with Crippen LogP contribution in [0.1, 0.15) is 46.5 Å². The van der Waals surface area contributed by atoms with Crippen LogP contribution < -0.4 is 0 Å². The molecule has 2 atom stereocenters. The molecule has 20 heavy (non-hydrogen) atoms. The highest BCUT2D eigenvalue weighted by Crippen LogP contribution is 2.35. The van der Waals surface area contributed by atoms with E-state index in [1.807, 2.05) is 19.1 Å². The van der Waals surface area contributed by atoms with Gasteiger partial charge in [-0.25, -0.2) is 9.59 Å². The monoisotopic (exact) mass is 284 g/mol. The molecule has 1 aliphatic rings. The van der Waals surface area contributed by atoms with Gasteiger partial charge in [0.15, 0.2) is 5.60 Å². The maximum Gasteiger partial charge on any atom is 0.377 e. The fourth-order valence-electron chi connectivity index (χ4n) is 1.93. The number of hydrogen-bond donors (Lipinski definition) is 1. The van der Waals surface area contributed by atoms with Crippen molar-refractivity contribution in [3.8, 4) is 0 Å². The van der Waals surface area contributed by atoms with E-state index in [0.29, 0.717) is 12.8 Å². The normalized spacial score (nSPS) is 29.6. The van der Waals surface area contributed by atoms with Crippen molar-refractivity contribution in [2.75, 3.05) is 0 Å². The number of rotatable bonds is 7. The van der Waals surface area contributed by atoms with Crippen molar-refractivity contribution >= 4 is 17.7 Å². The van der Waals surface area contributed by atoms with Crippen molar-refractivity contribution in [1.82, 2.24) is 0 Å². The van der Waals surface area contributed by atoms with Crippen molar-refractivity contribution in [3.63, 3.8) is 0 Å². The van der Waals surface area contributed by atoms with Crippen LogP contribution in [0.4, 0.5) is 0 Å². The number of Topliss-reactive ketones (excluding diaryl/α,β-unsaturated/α-hetero) is 1. The minimum atomic E-state index is -1.97. The predicted octanol–water partition coefficient (Wildman–Crippen LogP) is 1.82. The Bertz CT molecular complexity index is 441. The van der Waals surface area contributed by atoms with Crippen LogP contribution in [0.3, 0.4) is 0 Å².